The van der Waals surface area contributed by atoms with Crippen molar-refractivity contribution < 1.29 is 9.90 Å². The van der Waals surface area contributed by atoms with Crippen molar-refractivity contribution in [2.24, 2.45) is 0 Å². The van der Waals surface area contributed by atoms with Gasteiger partial charge in [0.1, 0.15) is 5.69 Å². The van der Waals surface area contributed by atoms with Crippen molar-refractivity contribution in [2.75, 3.05) is 0 Å². The number of para-hydroxylation sites is 1. The van der Waals surface area contributed by atoms with Gasteiger partial charge in [-0.2, -0.15) is 9.78 Å². The van der Waals surface area contributed by atoms with Crippen LogP contribution < -0.4 is 5.56 Å². The van der Waals surface area contributed by atoms with Crippen LogP contribution in [0.15, 0.2) is 77.6 Å². The van der Waals surface area contributed by atoms with Gasteiger partial charge in [0.2, 0.25) is 0 Å². The highest BCUT2D eigenvalue weighted by atomic mass is 35.5. The molecule has 1 N–H and O–H groups in total. The molecular formula is C21H13ClN2O3. The van der Waals surface area contributed by atoms with E-state index in [4.69, 9.17) is 11.6 Å². The van der Waals surface area contributed by atoms with Crippen molar-refractivity contribution in [3.63, 3.8) is 0 Å². The van der Waals surface area contributed by atoms with Crippen molar-refractivity contribution in [3.05, 3.63) is 93.7 Å². The van der Waals surface area contributed by atoms with Gasteiger partial charge in [-0.15, -0.1) is 0 Å². The van der Waals surface area contributed by atoms with E-state index in [1.165, 1.54) is 18.2 Å². The number of carboxylic acid groups (broad SMARTS) is 1. The summed E-state index contributed by atoms with van der Waals surface area (Å²) in [6.45, 7) is 0. The molecule has 0 bridgehead atoms. The molecule has 5 nitrogen and oxygen atoms in total. The van der Waals surface area contributed by atoms with Crippen LogP contribution in [0.25, 0.3) is 27.7 Å². The summed E-state index contributed by atoms with van der Waals surface area (Å²) < 4.78 is 1.08. The first kappa shape index (κ1) is 17.0. The van der Waals surface area contributed by atoms with Crippen LogP contribution in [0.1, 0.15) is 10.4 Å². The lowest BCUT2D eigenvalue weighted by Crippen LogP contribution is -2.24. The van der Waals surface area contributed by atoms with Gasteiger partial charge >= 0.3 is 5.97 Å². The van der Waals surface area contributed by atoms with Gasteiger partial charge in [0.25, 0.3) is 5.56 Å². The normalized spacial score (nSPS) is 10.9. The summed E-state index contributed by atoms with van der Waals surface area (Å²) in [5, 5.41) is 15.3. The average Bonchev–Trinajstić information content (AvgIpc) is 2.69. The highest BCUT2D eigenvalue weighted by Gasteiger charge is 2.20. The van der Waals surface area contributed by atoms with Crippen LogP contribution >= 0.6 is 11.6 Å². The summed E-state index contributed by atoms with van der Waals surface area (Å²) in [5.41, 5.74) is 0.917. The molecule has 0 saturated heterocycles. The summed E-state index contributed by atoms with van der Waals surface area (Å²) in [6.07, 6.45) is 0. The molecular weight excluding hydrogens is 364 g/mol. The molecule has 0 aliphatic heterocycles. The number of benzene rings is 3. The van der Waals surface area contributed by atoms with Gasteiger partial charge in [0.15, 0.2) is 0 Å². The van der Waals surface area contributed by atoms with Crippen molar-refractivity contribution in [1.82, 2.24) is 9.78 Å². The van der Waals surface area contributed by atoms with E-state index in [-0.39, 0.29) is 16.3 Å². The maximum atomic E-state index is 13.1. The Balaban J connectivity index is 2.15. The van der Waals surface area contributed by atoms with Crippen LogP contribution in [0.2, 0.25) is 5.02 Å². The first-order chi connectivity index (χ1) is 13.1. The monoisotopic (exact) mass is 376 g/mol. The Morgan fingerprint density at radius 2 is 1.56 bits per heavy atom. The Hall–Kier alpha value is -3.44. The lowest BCUT2D eigenvalue weighted by molar-refractivity contribution is 0.0696. The Bertz CT molecular complexity index is 1230. The quantitative estimate of drug-likeness (QED) is 0.575. The third kappa shape index (κ3) is 2.88. The van der Waals surface area contributed by atoms with Crippen molar-refractivity contribution in [2.45, 2.75) is 0 Å². The summed E-state index contributed by atoms with van der Waals surface area (Å²) in [7, 11) is 0. The first-order valence-electron chi connectivity index (χ1n) is 8.17. The second-order valence-corrected chi connectivity index (χ2v) is 6.33. The number of hydrogen-bond donors (Lipinski definition) is 1. The van der Waals surface area contributed by atoms with Gasteiger partial charge in [-0.3, -0.25) is 4.79 Å². The minimum absolute atomic E-state index is 0.0552. The summed E-state index contributed by atoms with van der Waals surface area (Å²) in [4.78, 5) is 24.8. The highest BCUT2D eigenvalue weighted by molar-refractivity contribution is 6.33. The number of aromatic carboxylic acids is 1. The fourth-order valence-corrected chi connectivity index (χ4v) is 3.31. The van der Waals surface area contributed by atoms with Crippen LogP contribution in [0.4, 0.5) is 0 Å². The van der Waals surface area contributed by atoms with Crippen LogP contribution in [0.3, 0.4) is 0 Å². The standard InChI is InChI=1S/C21H13ClN2O3/c22-17-12-6-11-16(21(26)27)19(17)24-20(25)15-10-5-4-9-14(15)18(23-24)13-7-2-1-3-8-13/h1-12H,(H,26,27). The molecule has 1 aromatic heterocycles. The molecule has 4 rings (SSSR count). The zero-order valence-electron chi connectivity index (χ0n) is 14.0. The first-order valence-corrected chi connectivity index (χ1v) is 8.55. The fraction of sp³-hybridized carbons (Fsp3) is 0. The number of halogens is 1. The fourth-order valence-electron chi connectivity index (χ4n) is 3.05. The largest absolute Gasteiger partial charge is 0.478 e. The number of nitrogens with zero attached hydrogens (tertiary/aromatic N) is 2. The number of carboxylic acids is 1. The minimum Gasteiger partial charge on any atom is -0.478 e. The van der Waals surface area contributed by atoms with E-state index in [1.54, 1.807) is 12.1 Å². The van der Waals surface area contributed by atoms with Crippen LogP contribution in [-0.2, 0) is 0 Å². The second-order valence-electron chi connectivity index (χ2n) is 5.92. The maximum Gasteiger partial charge on any atom is 0.337 e. The van der Waals surface area contributed by atoms with Crippen LogP contribution in [-0.4, -0.2) is 20.9 Å². The second kappa shape index (κ2) is 6.70. The topological polar surface area (TPSA) is 72.2 Å². The summed E-state index contributed by atoms with van der Waals surface area (Å²) in [6, 6.07) is 21.0. The summed E-state index contributed by atoms with van der Waals surface area (Å²) in [5.74, 6) is -1.18. The van der Waals surface area contributed by atoms with Gasteiger partial charge in [-0.05, 0) is 18.2 Å². The van der Waals surface area contributed by atoms with E-state index in [0.717, 1.165) is 10.2 Å². The molecule has 0 amide bonds. The maximum absolute atomic E-state index is 13.1. The van der Waals surface area contributed by atoms with Crippen LogP contribution in [0, 0.1) is 0 Å². The molecule has 0 atom stereocenters. The number of aromatic nitrogens is 2. The van der Waals surface area contributed by atoms with Gasteiger partial charge < -0.3 is 5.11 Å². The van der Waals surface area contributed by atoms with E-state index >= 15 is 0 Å². The van der Waals surface area contributed by atoms with E-state index in [1.807, 2.05) is 42.5 Å². The molecule has 0 radical (unpaired) electrons. The Morgan fingerprint density at radius 3 is 2.26 bits per heavy atom. The van der Waals surface area contributed by atoms with E-state index in [9.17, 15) is 14.7 Å². The molecule has 0 aliphatic rings. The molecule has 0 unspecified atom stereocenters. The van der Waals surface area contributed by atoms with Crippen LogP contribution in [0.5, 0.6) is 0 Å². The Labute approximate surface area is 159 Å². The molecule has 0 fully saturated rings. The molecule has 0 aliphatic carbocycles. The lowest BCUT2D eigenvalue weighted by atomic mass is 10.0. The van der Waals surface area contributed by atoms with Gasteiger partial charge in [0.05, 0.1) is 21.7 Å². The molecule has 3 aromatic carbocycles. The molecule has 4 aromatic rings. The van der Waals surface area contributed by atoms with Crippen molar-refractivity contribution >= 4 is 28.3 Å². The van der Waals surface area contributed by atoms with E-state index in [0.29, 0.717) is 16.5 Å². The van der Waals surface area contributed by atoms with Crippen molar-refractivity contribution in [3.8, 4) is 16.9 Å². The smallest absolute Gasteiger partial charge is 0.337 e. The molecule has 0 saturated carbocycles. The van der Waals surface area contributed by atoms with Gasteiger partial charge in [0, 0.05) is 10.9 Å². The summed E-state index contributed by atoms with van der Waals surface area (Å²) >= 11 is 6.27. The van der Waals surface area contributed by atoms with Gasteiger partial charge in [-0.1, -0.05) is 66.2 Å². The SMILES string of the molecule is O=C(O)c1cccc(Cl)c1-n1nc(-c2ccccc2)c2ccccc2c1=O. The zero-order chi connectivity index (χ0) is 19.0. The predicted molar refractivity (Wildman–Crippen MR) is 105 cm³/mol. The number of rotatable bonds is 3. The lowest BCUT2D eigenvalue weighted by Gasteiger charge is -2.14. The van der Waals surface area contributed by atoms with E-state index in [2.05, 4.69) is 5.10 Å². The number of carbonyl (C=O) groups is 1. The molecule has 27 heavy (non-hydrogen) atoms. The Kier molecular flexibility index (Phi) is 4.22. The average molecular weight is 377 g/mol. The highest BCUT2D eigenvalue weighted by Crippen LogP contribution is 2.28. The van der Waals surface area contributed by atoms with Gasteiger partial charge in [-0.25, -0.2) is 4.79 Å². The van der Waals surface area contributed by atoms with Crippen molar-refractivity contribution in [1.29, 1.82) is 0 Å². The number of hydrogen-bond acceptors (Lipinski definition) is 3. The predicted octanol–water partition coefficient (Wildman–Crippen LogP) is 4.40. The Morgan fingerprint density at radius 1 is 0.889 bits per heavy atom. The minimum atomic E-state index is -1.18. The molecule has 1 heterocycles. The zero-order valence-corrected chi connectivity index (χ0v) is 14.7. The molecule has 132 valence electrons. The molecule has 6 heteroatoms. The molecule has 0 spiro atoms. The number of fused-ring (bicyclic) bond motifs is 1. The third-order valence-electron chi connectivity index (χ3n) is 4.28. The van der Waals surface area contributed by atoms with E-state index < -0.39 is 11.5 Å². The third-order valence-corrected chi connectivity index (χ3v) is 4.59.